The molecule has 0 unspecified atom stereocenters. The van der Waals surface area contributed by atoms with Crippen LogP contribution >= 0.6 is 0 Å². The molecule has 4 heavy (non-hydrogen) atoms. The molecule has 0 aliphatic heterocycles. The van der Waals surface area contributed by atoms with Crippen LogP contribution < -0.4 is 0 Å². The van der Waals surface area contributed by atoms with Gasteiger partial charge in [-0.2, -0.15) is 0 Å². The summed E-state index contributed by atoms with van der Waals surface area (Å²) in [5.74, 6) is 0. The molecule has 0 bridgehead atoms. The fourth-order valence-corrected chi connectivity index (χ4v) is 0. The van der Waals surface area contributed by atoms with Crippen molar-refractivity contribution in [3.63, 3.8) is 0 Å². The molecular weight excluding hydrogens is 259 g/mol. The van der Waals surface area contributed by atoms with Crippen molar-refractivity contribution in [2.75, 3.05) is 0 Å². The Kier molecular flexibility index (Phi) is 151. The van der Waals surface area contributed by atoms with Crippen molar-refractivity contribution < 1.29 is 33.6 Å². The summed E-state index contributed by atoms with van der Waals surface area (Å²) in [5, 5.41) is 0. The van der Waals surface area contributed by atoms with E-state index in [1.807, 2.05) is 0 Å². The van der Waals surface area contributed by atoms with Crippen molar-refractivity contribution in [3.8, 4) is 0 Å². The Labute approximate surface area is 74.0 Å². The van der Waals surface area contributed by atoms with E-state index in [1.165, 1.54) is 0 Å². The third kappa shape index (κ3) is 8.84. The first-order valence-corrected chi connectivity index (χ1v) is 0. The van der Waals surface area contributed by atoms with Crippen molar-refractivity contribution in [3.05, 3.63) is 0 Å². The van der Waals surface area contributed by atoms with Crippen molar-refractivity contribution >= 4 is 41.3 Å². The quantitative estimate of drug-likeness (QED) is 0.501. The van der Waals surface area contributed by atoms with Crippen LogP contribution in [0.1, 0.15) is 0 Å². The van der Waals surface area contributed by atoms with E-state index in [0.29, 0.717) is 0 Å². The molecule has 0 amide bonds. The summed E-state index contributed by atoms with van der Waals surface area (Å²) in [6, 6.07) is 0. The number of rotatable bonds is 0. The van der Waals surface area contributed by atoms with Crippen LogP contribution in [-0.4, -0.2) is 41.3 Å². The van der Waals surface area contributed by atoms with Gasteiger partial charge in [0.2, 0.25) is 0 Å². The molecule has 0 aromatic carbocycles. The Hall–Kier alpha value is 2.34. The normalized spacial score (nSPS) is 0. The Balaban J connectivity index is 0. The summed E-state index contributed by atoms with van der Waals surface area (Å²) >= 11 is 0. The molecule has 0 aliphatic carbocycles. The van der Waals surface area contributed by atoms with Crippen molar-refractivity contribution in [2.45, 2.75) is 0 Å². The minimum absolute atomic E-state index is 0. The molecule has 0 spiro atoms. The summed E-state index contributed by atoms with van der Waals surface area (Å²) in [7, 11) is 0. The van der Waals surface area contributed by atoms with E-state index in [9.17, 15) is 0 Å². The number of hydrogen-bond donors (Lipinski definition) is 0. The van der Waals surface area contributed by atoms with Crippen LogP contribution in [0.2, 0.25) is 0 Å². The van der Waals surface area contributed by atoms with Crippen LogP contribution in [-0.2, 0) is 33.6 Å². The summed E-state index contributed by atoms with van der Waals surface area (Å²) < 4.78 is 0. The molecule has 0 saturated carbocycles. The van der Waals surface area contributed by atoms with Crippen molar-refractivity contribution in [1.29, 1.82) is 0 Å². The van der Waals surface area contributed by atoms with Gasteiger partial charge < -0.3 is 0 Å². The van der Waals surface area contributed by atoms with Gasteiger partial charge in [-0.3, -0.25) is 0 Å². The van der Waals surface area contributed by atoms with E-state index < -0.39 is 0 Å². The average Bonchev–Trinajstić information content (AvgIpc) is 0. The van der Waals surface area contributed by atoms with Crippen molar-refractivity contribution in [1.82, 2.24) is 0 Å². The maximum absolute atomic E-state index is 0. The van der Waals surface area contributed by atoms with E-state index in [2.05, 4.69) is 0 Å². The second-order valence-corrected chi connectivity index (χ2v) is 0. The van der Waals surface area contributed by atoms with Gasteiger partial charge in [-0.25, -0.2) is 0 Å². The van der Waals surface area contributed by atoms with Crippen LogP contribution in [0.25, 0.3) is 0 Å². The molecule has 24 valence electrons. The molecule has 0 heterocycles. The third-order valence-electron chi connectivity index (χ3n) is 0. The fraction of sp³-hybridized carbons (Fsp3) is 0. The molecular formula is AlMnNiSn. The Bertz CT molecular complexity index is 8.00. The van der Waals surface area contributed by atoms with Gasteiger partial charge >= 0.3 is 0 Å². The fourth-order valence-electron chi connectivity index (χ4n) is 0. The molecule has 0 rings (SSSR count). The molecule has 0 nitrogen and oxygen atoms in total. The van der Waals surface area contributed by atoms with Gasteiger partial charge in [0.15, 0.2) is 0 Å². The second kappa shape index (κ2) is 18.4. The Morgan fingerprint density at radius 2 is 1.00 bits per heavy atom. The van der Waals surface area contributed by atoms with Gasteiger partial charge in [0.05, 0.1) is 0 Å². The summed E-state index contributed by atoms with van der Waals surface area (Å²) in [5.41, 5.74) is 0. The van der Waals surface area contributed by atoms with Gasteiger partial charge in [-0.1, -0.05) is 0 Å². The van der Waals surface area contributed by atoms with E-state index in [4.69, 9.17) is 0 Å². The molecule has 0 aliphatic rings. The molecule has 0 aromatic rings. The molecule has 0 aromatic heterocycles. The predicted octanol–water partition coefficient (Wildman–Crippen LogP) is -0.767. The van der Waals surface area contributed by atoms with Crippen LogP contribution in [0.15, 0.2) is 0 Å². The first-order chi connectivity index (χ1) is 0. The monoisotopic (exact) mass is 260 g/mol. The SMILES string of the molecule is [Al].[Mn].[Ni].[Sn]. The van der Waals surface area contributed by atoms with Gasteiger partial charge in [0, 0.05) is 74.8 Å². The second-order valence-electron chi connectivity index (χ2n) is 0. The average molecular weight is 259 g/mol. The van der Waals surface area contributed by atoms with Gasteiger partial charge in [0.1, 0.15) is 0 Å². The molecule has 0 saturated heterocycles. The standard InChI is InChI=1S/Al.Mn.Ni.Sn. The molecule has 0 fully saturated rings. The zero-order chi connectivity index (χ0) is 0. The number of hydrogen-bond acceptors (Lipinski definition) is 0. The zero-order valence-corrected chi connectivity index (χ0v) is 7.95. The van der Waals surface area contributed by atoms with Gasteiger partial charge in [-0.15, -0.1) is 0 Å². The predicted molar refractivity (Wildman–Crippen MR) is 11.5 cm³/mol. The maximum Gasteiger partial charge on any atom is 0 e. The minimum Gasteiger partial charge on any atom is 0 e. The largest absolute Gasteiger partial charge is 0 e. The van der Waals surface area contributed by atoms with Gasteiger partial charge in [-0.05, 0) is 0 Å². The van der Waals surface area contributed by atoms with E-state index >= 15 is 0 Å². The molecule has 0 atom stereocenters. The summed E-state index contributed by atoms with van der Waals surface area (Å²) in [6.45, 7) is 0. The van der Waals surface area contributed by atoms with E-state index in [1.54, 1.807) is 0 Å². The van der Waals surface area contributed by atoms with Crippen LogP contribution in [0.4, 0.5) is 0 Å². The maximum atomic E-state index is 0. The smallest absolute Gasteiger partial charge is 0 e. The Morgan fingerprint density at radius 1 is 1.00 bits per heavy atom. The van der Waals surface area contributed by atoms with Crippen LogP contribution in [0.5, 0.6) is 0 Å². The minimum atomic E-state index is 0. The third-order valence-corrected chi connectivity index (χ3v) is 0. The first-order valence-electron chi connectivity index (χ1n) is 0. The van der Waals surface area contributed by atoms with Crippen molar-refractivity contribution in [2.24, 2.45) is 0 Å². The summed E-state index contributed by atoms with van der Waals surface area (Å²) in [6.07, 6.45) is 0. The van der Waals surface area contributed by atoms with E-state index in [0.717, 1.165) is 0 Å². The van der Waals surface area contributed by atoms with Crippen LogP contribution in [0, 0.1) is 0 Å². The molecule has 0 N–H and O–H groups in total. The first kappa shape index (κ1) is 33.0. The molecule has 8 radical (unpaired) electrons. The topological polar surface area (TPSA) is 0 Å². The summed E-state index contributed by atoms with van der Waals surface area (Å²) in [4.78, 5) is 0. The Morgan fingerprint density at radius 3 is 1.00 bits per heavy atom. The van der Waals surface area contributed by atoms with E-state index in [-0.39, 0.29) is 74.8 Å². The molecule has 4 heteroatoms. The van der Waals surface area contributed by atoms with Crippen LogP contribution in [0.3, 0.4) is 0 Å². The zero-order valence-electron chi connectivity index (χ0n) is 1.77. The van der Waals surface area contributed by atoms with Gasteiger partial charge in [0.25, 0.3) is 0 Å².